The lowest BCUT2D eigenvalue weighted by Crippen LogP contribution is -2.57. The van der Waals surface area contributed by atoms with Gasteiger partial charge < -0.3 is 9.79 Å². The van der Waals surface area contributed by atoms with E-state index in [-0.39, 0.29) is 11.1 Å². The number of nitrogens with zero attached hydrogens (tertiary/aromatic N) is 1. The van der Waals surface area contributed by atoms with Gasteiger partial charge in [0.2, 0.25) is 0 Å². The molecule has 16 heavy (non-hydrogen) atoms. The molecule has 0 saturated carbocycles. The van der Waals surface area contributed by atoms with Crippen molar-refractivity contribution in [3.8, 4) is 0 Å². The largest absolute Gasteiger partial charge is 0.469 e. The second-order valence-electron chi connectivity index (χ2n) is 5.53. The summed E-state index contributed by atoms with van der Waals surface area (Å²) in [7, 11) is -4.43. The first-order chi connectivity index (χ1) is 6.94. The van der Waals surface area contributed by atoms with Gasteiger partial charge >= 0.3 is 7.82 Å². The summed E-state index contributed by atoms with van der Waals surface area (Å²) in [5.41, 5.74) is -0.716. The maximum Gasteiger partial charge on any atom is 0.469 e. The van der Waals surface area contributed by atoms with Crippen LogP contribution in [0.5, 0.6) is 0 Å². The Kier molecular flexibility index (Phi) is 3.81. The zero-order valence-electron chi connectivity index (χ0n) is 9.97. The average Bonchev–Trinajstić information content (AvgIpc) is 1.95. The van der Waals surface area contributed by atoms with Gasteiger partial charge in [-0.25, -0.2) is 8.98 Å². The van der Waals surface area contributed by atoms with Gasteiger partial charge in [-0.3, -0.25) is 4.52 Å². The molecule has 96 valence electrons. The molecule has 1 saturated heterocycles. The van der Waals surface area contributed by atoms with E-state index in [1.807, 2.05) is 27.7 Å². The summed E-state index contributed by atoms with van der Waals surface area (Å²) >= 11 is 6.22. The molecule has 1 aliphatic rings. The predicted octanol–water partition coefficient (Wildman–Crippen LogP) is 2.27. The maximum absolute atomic E-state index is 10.8. The molecule has 0 radical (unpaired) electrons. The number of rotatable bonds is 2. The normalized spacial score (nSPS) is 26.9. The van der Waals surface area contributed by atoms with E-state index in [1.165, 1.54) is 0 Å². The highest BCUT2D eigenvalue weighted by atomic mass is 35.5. The van der Waals surface area contributed by atoms with Gasteiger partial charge in [0.05, 0.1) is 6.10 Å². The zero-order chi connectivity index (χ0) is 12.8. The van der Waals surface area contributed by atoms with Crippen molar-refractivity contribution < 1.29 is 18.9 Å². The second kappa shape index (κ2) is 4.23. The fourth-order valence-electron chi connectivity index (χ4n) is 2.43. The third-order valence-electron chi connectivity index (χ3n) is 2.80. The Morgan fingerprint density at radius 2 is 1.62 bits per heavy atom. The summed E-state index contributed by atoms with van der Waals surface area (Å²) in [4.78, 5) is 17.6. The minimum Gasteiger partial charge on any atom is -0.303 e. The lowest BCUT2D eigenvalue weighted by molar-refractivity contribution is -0.0242. The molecule has 7 heteroatoms. The molecule has 5 nitrogen and oxygen atoms in total. The van der Waals surface area contributed by atoms with Gasteiger partial charge in [-0.1, -0.05) is 0 Å². The van der Waals surface area contributed by atoms with Crippen LogP contribution in [-0.4, -0.2) is 31.4 Å². The van der Waals surface area contributed by atoms with Gasteiger partial charge in [-0.2, -0.15) is 0 Å². The van der Waals surface area contributed by atoms with Gasteiger partial charge in [-0.05, 0) is 52.3 Å². The van der Waals surface area contributed by atoms with Crippen molar-refractivity contribution in [3.05, 3.63) is 0 Å². The Bertz CT molecular complexity index is 297. The Morgan fingerprint density at radius 3 is 1.94 bits per heavy atom. The maximum atomic E-state index is 10.8. The van der Waals surface area contributed by atoms with Crippen molar-refractivity contribution in [2.24, 2.45) is 0 Å². The summed E-state index contributed by atoms with van der Waals surface area (Å²) in [6, 6.07) is 0. The molecule has 0 bridgehead atoms. The average molecular weight is 272 g/mol. The van der Waals surface area contributed by atoms with Crippen LogP contribution in [0.15, 0.2) is 0 Å². The van der Waals surface area contributed by atoms with Crippen LogP contribution < -0.4 is 0 Å². The van der Waals surface area contributed by atoms with Crippen molar-refractivity contribution in [2.75, 3.05) is 0 Å². The van der Waals surface area contributed by atoms with Crippen LogP contribution in [-0.2, 0) is 9.09 Å². The third-order valence-corrected chi connectivity index (χ3v) is 4.29. The first kappa shape index (κ1) is 14.4. The van der Waals surface area contributed by atoms with Crippen LogP contribution in [0.1, 0.15) is 40.5 Å². The monoisotopic (exact) mass is 271 g/mol. The first-order valence-electron chi connectivity index (χ1n) is 5.14. The highest BCUT2D eigenvalue weighted by molar-refractivity contribution is 7.46. The van der Waals surface area contributed by atoms with Crippen LogP contribution >= 0.6 is 19.6 Å². The predicted molar refractivity (Wildman–Crippen MR) is 62.0 cm³/mol. The van der Waals surface area contributed by atoms with Crippen molar-refractivity contribution in [3.63, 3.8) is 0 Å². The molecule has 0 spiro atoms. The van der Waals surface area contributed by atoms with Gasteiger partial charge in [0.1, 0.15) is 0 Å². The first-order valence-corrected chi connectivity index (χ1v) is 7.01. The SMILES string of the molecule is CC1(C)CC(OP(=O)(O)O)CC(C)(C)N1Cl. The van der Waals surface area contributed by atoms with Gasteiger partial charge in [0.15, 0.2) is 0 Å². The van der Waals surface area contributed by atoms with E-state index in [0.717, 1.165) is 0 Å². The minimum absolute atomic E-state index is 0.358. The van der Waals surface area contributed by atoms with E-state index < -0.39 is 13.9 Å². The molecule has 0 aromatic rings. The lowest BCUT2D eigenvalue weighted by atomic mass is 9.81. The molecular weight excluding hydrogens is 253 g/mol. The van der Waals surface area contributed by atoms with Crippen LogP contribution in [0.3, 0.4) is 0 Å². The van der Waals surface area contributed by atoms with Crippen molar-refractivity contribution >= 4 is 19.6 Å². The number of halogens is 1. The number of piperidine rings is 1. The topological polar surface area (TPSA) is 70.0 Å². The van der Waals surface area contributed by atoms with Crippen LogP contribution in [0.25, 0.3) is 0 Å². The summed E-state index contributed by atoms with van der Waals surface area (Å²) in [6.45, 7) is 7.71. The lowest BCUT2D eigenvalue weighted by Gasteiger charge is -2.50. The molecule has 0 amide bonds. The molecule has 0 aromatic carbocycles. The number of phosphoric acid groups is 1. The molecule has 1 rings (SSSR count). The Hall–Kier alpha value is 0.360. The van der Waals surface area contributed by atoms with Gasteiger partial charge in [0, 0.05) is 11.1 Å². The number of hydrogen-bond acceptors (Lipinski definition) is 3. The number of hydrogen-bond donors (Lipinski definition) is 2. The molecule has 0 unspecified atom stereocenters. The summed E-state index contributed by atoms with van der Waals surface area (Å²) in [5.74, 6) is 0. The molecule has 0 aliphatic carbocycles. The smallest absolute Gasteiger partial charge is 0.303 e. The fourth-order valence-corrected chi connectivity index (χ4v) is 3.11. The summed E-state index contributed by atoms with van der Waals surface area (Å²) in [5, 5.41) is 0. The van der Waals surface area contributed by atoms with Crippen molar-refractivity contribution in [1.82, 2.24) is 4.42 Å². The highest BCUT2D eigenvalue weighted by Crippen LogP contribution is 2.46. The Labute approximate surface area is 101 Å². The molecule has 1 fully saturated rings. The summed E-state index contributed by atoms with van der Waals surface area (Å²) < 4.78 is 17.3. The van der Waals surface area contributed by atoms with Gasteiger partial charge in [0.25, 0.3) is 0 Å². The molecule has 1 heterocycles. The quantitative estimate of drug-likeness (QED) is 0.596. The summed E-state index contributed by atoms with van der Waals surface area (Å²) in [6.07, 6.45) is 0.511. The molecule has 0 atom stereocenters. The third kappa shape index (κ3) is 3.42. The van der Waals surface area contributed by atoms with E-state index in [9.17, 15) is 4.57 Å². The molecule has 1 aliphatic heterocycles. The number of phosphoric ester groups is 1. The van der Waals surface area contributed by atoms with E-state index in [4.69, 9.17) is 26.1 Å². The van der Waals surface area contributed by atoms with Crippen molar-refractivity contribution in [1.29, 1.82) is 0 Å². The van der Waals surface area contributed by atoms with Crippen LogP contribution in [0, 0.1) is 0 Å². The second-order valence-corrected chi connectivity index (χ2v) is 7.06. The van der Waals surface area contributed by atoms with E-state index in [2.05, 4.69) is 0 Å². The van der Waals surface area contributed by atoms with E-state index in [1.54, 1.807) is 4.42 Å². The molecule has 0 aromatic heterocycles. The Balaban J connectivity index is 2.83. The van der Waals surface area contributed by atoms with Gasteiger partial charge in [-0.15, -0.1) is 0 Å². The van der Waals surface area contributed by atoms with Crippen LogP contribution in [0.2, 0.25) is 0 Å². The zero-order valence-corrected chi connectivity index (χ0v) is 11.6. The minimum atomic E-state index is -4.43. The fraction of sp³-hybridized carbons (Fsp3) is 1.00. The van der Waals surface area contributed by atoms with E-state index in [0.29, 0.717) is 12.8 Å². The van der Waals surface area contributed by atoms with Crippen molar-refractivity contribution in [2.45, 2.75) is 57.7 Å². The van der Waals surface area contributed by atoms with E-state index >= 15 is 0 Å². The standard InChI is InChI=1S/C9H19ClNO4P/c1-8(2)5-7(15-16(12,13)14)6-9(3,4)11(8)10/h7H,5-6H2,1-4H3,(H2,12,13,14). The highest BCUT2D eigenvalue weighted by Gasteiger charge is 2.46. The molecule has 2 N–H and O–H groups in total. The van der Waals surface area contributed by atoms with Crippen LogP contribution in [0.4, 0.5) is 0 Å². The molecular formula is C9H19ClNO4P. The Morgan fingerprint density at radius 1 is 1.25 bits per heavy atom.